The molecular formula is C24H28FN3O4. The fourth-order valence-electron chi connectivity index (χ4n) is 3.84. The number of amides is 3. The predicted molar refractivity (Wildman–Crippen MR) is 118 cm³/mol. The molecule has 32 heavy (non-hydrogen) atoms. The van der Waals surface area contributed by atoms with E-state index < -0.39 is 11.9 Å². The summed E-state index contributed by atoms with van der Waals surface area (Å²) < 4.78 is 18.5. The summed E-state index contributed by atoms with van der Waals surface area (Å²) in [4.78, 5) is 39.9. The van der Waals surface area contributed by atoms with Crippen LogP contribution in [0, 0.1) is 11.7 Å². The molecule has 0 unspecified atom stereocenters. The van der Waals surface area contributed by atoms with Crippen LogP contribution in [0.1, 0.15) is 33.6 Å². The lowest BCUT2D eigenvalue weighted by molar-refractivity contribution is -0.124. The molecule has 8 heteroatoms. The normalized spacial score (nSPS) is 15.1. The van der Waals surface area contributed by atoms with Crippen molar-refractivity contribution in [1.29, 1.82) is 0 Å². The second-order valence-electron chi connectivity index (χ2n) is 7.74. The van der Waals surface area contributed by atoms with Crippen molar-refractivity contribution < 1.29 is 23.5 Å². The molecule has 2 N–H and O–H groups in total. The Kier molecular flexibility index (Phi) is 8.33. The molecule has 7 nitrogen and oxygen atoms in total. The maximum Gasteiger partial charge on any atom is 0.253 e. The lowest BCUT2D eigenvalue weighted by Gasteiger charge is -2.36. The van der Waals surface area contributed by atoms with Crippen LogP contribution >= 0.6 is 0 Å². The van der Waals surface area contributed by atoms with Crippen molar-refractivity contribution in [2.24, 2.45) is 5.92 Å². The number of benzene rings is 2. The van der Waals surface area contributed by atoms with E-state index >= 15 is 0 Å². The molecular weight excluding hydrogens is 413 g/mol. The molecule has 0 aromatic heterocycles. The van der Waals surface area contributed by atoms with Crippen molar-refractivity contribution in [3.63, 3.8) is 0 Å². The number of hydrogen-bond donors (Lipinski definition) is 2. The largest absolute Gasteiger partial charge is 0.383 e. The molecule has 3 amide bonds. The van der Waals surface area contributed by atoms with Crippen molar-refractivity contribution in [2.75, 3.05) is 33.4 Å². The van der Waals surface area contributed by atoms with Gasteiger partial charge in [-0.3, -0.25) is 14.4 Å². The molecule has 1 atom stereocenters. The molecule has 1 aliphatic rings. The Balaban J connectivity index is 1.66. The third-order valence-corrected chi connectivity index (χ3v) is 5.58. The van der Waals surface area contributed by atoms with E-state index in [1.54, 1.807) is 42.3 Å². The third-order valence-electron chi connectivity index (χ3n) is 5.58. The fourth-order valence-corrected chi connectivity index (χ4v) is 3.84. The van der Waals surface area contributed by atoms with Crippen LogP contribution in [-0.4, -0.2) is 62.0 Å². The molecule has 2 aromatic rings. The molecule has 0 saturated carbocycles. The molecule has 1 heterocycles. The standard InChI is InChI=1S/C24H28FN3O4/c1-32-15-12-26-23(30)21(27-22(29)18-6-3-2-4-7-18)17-10-13-28(14-11-17)24(31)19-8-5-9-20(25)16-19/h2-9,16-17,21H,10-15H2,1H3,(H,26,30)(H,27,29)/t21-/m1/s1. The maximum atomic E-state index is 13.5. The first kappa shape index (κ1) is 23.4. The molecule has 0 radical (unpaired) electrons. The van der Waals surface area contributed by atoms with Gasteiger partial charge in [-0.15, -0.1) is 0 Å². The fraction of sp³-hybridized carbons (Fsp3) is 0.375. The van der Waals surface area contributed by atoms with Gasteiger partial charge in [-0.2, -0.15) is 0 Å². The summed E-state index contributed by atoms with van der Waals surface area (Å²) in [6.07, 6.45) is 1.08. The molecule has 1 aliphatic heterocycles. The van der Waals surface area contributed by atoms with Gasteiger partial charge in [0, 0.05) is 37.9 Å². The molecule has 0 aliphatic carbocycles. The van der Waals surface area contributed by atoms with Crippen LogP contribution in [0.3, 0.4) is 0 Å². The lowest BCUT2D eigenvalue weighted by atomic mass is 9.88. The number of ether oxygens (including phenoxy) is 1. The maximum absolute atomic E-state index is 13.5. The zero-order chi connectivity index (χ0) is 22.9. The number of carbonyl (C=O) groups is 3. The van der Waals surface area contributed by atoms with Crippen molar-refractivity contribution in [1.82, 2.24) is 15.5 Å². The lowest BCUT2D eigenvalue weighted by Crippen LogP contribution is -2.54. The summed E-state index contributed by atoms with van der Waals surface area (Å²) >= 11 is 0. The summed E-state index contributed by atoms with van der Waals surface area (Å²) in [5, 5.41) is 5.67. The van der Waals surface area contributed by atoms with E-state index in [2.05, 4.69) is 10.6 Å². The number of nitrogens with zero attached hydrogens (tertiary/aromatic N) is 1. The smallest absolute Gasteiger partial charge is 0.253 e. The third kappa shape index (κ3) is 6.13. The average molecular weight is 442 g/mol. The van der Waals surface area contributed by atoms with Gasteiger partial charge in [0.15, 0.2) is 0 Å². The van der Waals surface area contributed by atoms with Gasteiger partial charge < -0.3 is 20.3 Å². The van der Waals surface area contributed by atoms with E-state index in [0.717, 1.165) is 0 Å². The Bertz CT molecular complexity index is 930. The minimum Gasteiger partial charge on any atom is -0.383 e. The van der Waals surface area contributed by atoms with Crippen LogP contribution in [-0.2, 0) is 9.53 Å². The summed E-state index contributed by atoms with van der Waals surface area (Å²) in [6.45, 7) is 1.54. The van der Waals surface area contributed by atoms with Gasteiger partial charge in [-0.05, 0) is 49.1 Å². The molecule has 0 spiro atoms. The van der Waals surface area contributed by atoms with Gasteiger partial charge >= 0.3 is 0 Å². The number of rotatable bonds is 8. The zero-order valence-corrected chi connectivity index (χ0v) is 18.1. The van der Waals surface area contributed by atoms with Crippen LogP contribution in [0.25, 0.3) is 0 Å². The zero-order valence-electron chi connectivity index (χ0n) is 18.1. The van der Waals surface area contributed by atoms with E-state index in [1.807, 2.05) is 6.07 Å². The number of halogens is 1. The number of piperidine rings is 1. The number of methoxy groups -OCH3 is 1. The van der Waals surface area contributed by atoms with Crippen molar-refractivity contribution >= 4 is 17.7 Å². The van der Waals surface area contributed by atoms with Crippen molar-refractivity contribution in [2.45, 2.75) is 18.9 Å². The van der Waals surface area contributed by atoms with Gasteiger partial charge in [0.1, 0.15) is 11.9 Å². The van der Waals surface area contributed by atoms with Gasteiger partial charge in [-0.25, -0.2) is 4.39 Å². The Hall–Kier alpha value is -3.26. The summed E-state index contributed by atoms with van der Waals surface area (Å²) in [5.74, 6) is -1.43. The summed E-state index contributed by atoms with van der Waals surface area (Å²) in [7, 11) is 1.55. The Morgan fingerprint density at radius 1 is 1.06 bits per heavy atom. The second kappa shape index (κ2) is 11.4. The average Bonchev–Trinajstić information content (AvgIpc) is 2.82. The van der Waals surface area contributed by atoms with Crippen LogP contribution in [0.15, 0.2) is 54.6 Å². The quantitative estimate of drug-likeness (QED) is 0.615. The van der Waals surface area contributed by atoms with Crippen LogP contribution in [0.5, 0.6) is 0 Å². The Labute approximate surface area is 186 Å². The van der Waals surface area contributed by atoms with E-state index in [0.29, 0.717) is 50.2 Å². The summed E-state index contributed by atoms with van der Waals surface area (Å²) in [6, 6.07) is 13.6. The van der Waals surface area contributed by atoms with E-state index in [-0.39, 0.29) is 23.6 Å². The van der Waals surface area contributed by atoms with Crippen LogP contribution < -0.4 is 10.6 Å². The molecule has 2 aromatic carbocycles. The Morgan fingerprint density at radius 3 is 2.41 bits per heavy atom. The van der Waals surface area contributed by atoms with Gasteiger partial charge in [-0.1, -0.05) is 24.3 Å². The highest BCUT2D eigenvalue weighted by molar-refractivity contribution is 5.97. The van der Waals surface area contributed by atoms with Crippen LogP contribution in [0.4, 0.5) is 4.39 Å². The molecule has 0 bridgehead atoms. The predicted octanol–water partition coefficient (Wildman–Crippen LogP) is 2.24. The van der Waals surface area contributed by atoms with Gasteiger partial charge in [0.05, 0.1) is 6.61 Å². The summed E-state index contributed by atoms with van der Waals surface area (Å²) in [5.41, 5.74) is 0.774. The van der Waals surface area contributed by atoms with E-state index in [4.69, 9.17) is 4.74 Å². The number of carbonyl (C=O) groups excluding carboxylic acids is 3. The second-order valence-corrected chi connectivity index (χ2v) is 7.74. The van der Waals surface area contributed by atoms with Crippen molar-refractivity contribution in [3.05, 3.63) is 71.5 Å². The molecule has 3 rings (SSSR count). The monoisotopic (exact) mass is 441 g/mol. The van der Waals surface area contributed by atoms with Crippen molar-refractivity contribution in [3.8, 4) is 0 Å². The first-order valence-corrected chi connectivity index (χ1v) is 10.7. The topological polar surface area (TPSA) is 87.7 Å². The minimum absolute atomic E-state index is 0.137. The number of nitrogens with one attached hydrogen (secondary N) is 2. The van der Waals surface area contributed by atoms with Crippen LogP contribution in [0.2, 0.25) is 0 Å². The van der Waals surface area contributed by atoms with E-state index in [1.165, 1.54) is 18.2 Å². The van der Waals surface area contributed by atoms with E-state index in [9.17, 15) is 18.8 Å². The number of likely N-dealkylation sites (tertiary alicyclic amines) is 1. The molecule has 1 saturated heterocycles. The molecule has 1 fully saturated rings. The Morgan fingerprint density at radius 2 is 1.75 bits per heavy atom. The van der Waals surface area contributed by atoms with Gasteiger partial charge in [0.25, 0.3) is 11.8 Å². The van der Waals surface area contributed by atoms with Gasteiger partial charge in [0.2, 0.25) is 5.91 Å². The SMILES string of the molecule is COCCNC(=O)[C@H](NC(=O)c1ccccc1)C1CCN(C(=O)c2cccc(F)c2)CC1. The highest BCUT2D eigenvalue weighted by atomic mass is 19.1. The number of hydrogen-bond acceptors (Lipinski definition) is 4. The minimum atomic E-state index is -0.731. The highest BCUT2D eigenvalue weighted by Gasteiger charge is 2.34. The first-order chi connectivity index (χ1) is 15.5. The highest BCUT2D eigenvalue weighted by Crippen LogP contribution is 2.23. The molecule has 170 valence electrons. The first-order valence-electron chi connectivity index (χ1n) is 10.7.